The molecule has 126 valence electrons. The summed E-state index contributed by atoms with van der Waals surface area (Å²) in [6.45, 7) is 11.9. The van der Waals surface area contributed by atoms with Crippen LogP contribution in [0.2, 0.25) is 0 Å². The molecule has 2 fully saturated rings. The van der Waals surface area contributed by atoms with E-state index in [1.54, 1.807) is 11.9 Å². The van der Waals surface area contributed by atoms with Crippen LogP contribution < -0.4 is 0 Å². The summed E-state index contributed by atoms with van der Waals surface area (Å²) in [5, 5.41) is 0. The maximum absolute atomic E-state index is 12.7. The highest BCUT2D eigenvalue weighted by atomic mass is 16.2. The molecule has 0 aromatic heterocycles. The van der Waals surface area contributed by atoms with E-state index in [0.29, 0.717) is 24.9 Å². The molecule has 0 saturated carbocycles. The molecule has 2 heterocycles. The lowest BCUT2D eigenvalue weighted by Crippen LogP contribution is -2.69. The number of hydrogen-bond donors (Lipinski definition) is 0. The number of rotatable bonds is 5. The van der Waals surface area contributed by atoms with Gasteiger partial charge in [0.05, 0.1) is 0 Å². The van der Waals surface area contributed by atoms with Gasteiger partial charge in [-0.1, -0.05) is 27.7 Å². The van der Waals surface area contributed by atoms with E-state index < -0.39 is 0 Å². The summed E-state index contributed by atoms with van der Waals surface area (Å²) in [4.78, 5) is 31.3. The predicted molar refractivity (Wildman–Crippen MR) is 87.4 cm³/mol. The lowest BCUT2D eigenvalue weighted by atomic mass is 9.95. The maximum Gasteiger partial charge on any atom is 0.247 e. The molecule has 2 saturated heterocycles. The van der Waals surface area contributed by atoms with Crippen LogP contribution in [0.5, 0.6) is 0 Å². The zero-order chi connectivity index (χ0) is 16.4. The molecule has 0 spiro atoms. The van der Waals surface area contributed by atoms with Crippen molar-refractivity contribution in [2.75, 3.05) is 33.2 Å². The Morgan fingerprint density at radius 2 is 1.73 bits per heavy atom. The van der Waals surface area contributed by atoms with Crippen molar-refractivity contribution in [3.8, 4) is 0 Å². The number of nitrogens with zero attached hydrogens (tertiary/aromatic N) is 3. The van der Waals surface area contributed by atoms with Gasteiger partial charge in [0.1, 0.15) is 12.1 Å². The van der Waals surface area contributed by atoms with Gasteiger partial charge >= 0.3 is 0 Å². The van der Waals surface area contributed by atoms with E-state index in [0.717, 1.165) is 25.9 Å². The Morgan fingerprint density at radius 3 is 2.32 bits per heavy atom. The SMILES string of the molecule is CC(C)CCN1CCN2C(=O)[C@H](CC(C)C)N(C)C(=O)[C@H]2C1. The van der Waals surface area contributed by atoms with Crippen LogP contribution in [0, 0.1) is 11.8 Å². The first-order chi connectivity index (χ1) is 10.3. The molecule has 5 heteroatoms. The van der Waals surface area contributed by atoms with E-state index in [2.05, 4.69) is 32.6 Å². The second-order valence-electron chi connectivity index (χ2n) is 7.63. The largest absolute Gasteiger partial charge is 0.332 e. The summed E-state index contributed by atoms with van der Waals surface area (Å²) in [6, 6.07) is -0.548. The first kappa shape index (κ1) is 17.3. The minimum atomic E-state index is -0.276. The highest BCUT2D eigenvalue weighted by Gasteiger charge is 2.46. The van der Waals surface area contributed by atoms with Crippen LogP contribution in [0.15, 0.2) is 0 Å². The second-order valence-corrected chi connectivity index (χ2v) is 7.63. The molecule has 2 atom stereocenters. The van der Waals surface area contributed by atoms with E-state index >= 15 is 0 Å². The number of carbonyl (C=O) groups is 2. The van der Waals surface area contributed by atoms with Crippen LogP contribution in [0.4, 0.5) is 0 Å². The standard InChI is InChI=1S/C17H31N3O2/c1-12(2)6-7-19-8-9-20-15(11-19)16(21)18(5)14(17(20)22)10-13(3)4/h12-15H,6-11H2,1-5H3/t14-,15+/m0/s1. The molecular weight excluding hydrogens is 278 g/mol. The fourth-order valence-corrected chi connectivity index (χ4v) is 3.41. The molecule has 0 bridgehead atoms. The zero-order valence-electron chi connectivity index (χ0n) is 14.7. The summed E-state index contributed by atoms with van der Waals surface area (Å²) < 4.78 is 0. The predicted octanol–water partition coefficient (Wildman–Crippen LogP) is 1.43. The van der Waals surface area contributed by atoms with Crippen molar-refractivity contribution in [2.24, 2.45) is 11.8 Å². The van der Waals surface area contributed by atoms with Crippen LogP contribution in [0.1, 0.15) is 40.5 Å². The minimum Gasteiger partial charge on any atom is -0.332 e. The van der Waals surface area contributed by atoms with Crippen LogP contribution in [0.25, 0.3) is 0 Å². The van der Waals surface area contributed by atoms with Crippen molar-refractivity contribution in [1.82, 2.24) is 14.7 Å². The zero-order valence-corrected chi connectivity index (χ0v) is 14.7. The average molecular weight is 309 g/mol. The highest BCUT2D eigenvalue weighted by molar-refractivity contribution is 5.97. The molecule has 5 nitrogen and oxygen atoms in total. The summed E-state index contributed by atoms with van der Waals surface area (Å²) in [6.07, 6.45) is 1.89. The molecule has 0 aromatic rings. The normalized spacial score (nSPS) is 27.0. The Balaban J connectivity index is 2.05. The number of likely N-dealkylation sites (N-methyl/N-ethyl adjacent to an activating group) is 1. The van der Waals surface area contributed by atoms with Crippen LogP contribution in [0.3, 0.4) is 0 Å². The fraction of sp³-hybridized carbons (Fsp3) is 0.882. The molecule has 0 radical (unpaired) electrons. The molecule has 2 aliphatic heterocycles. The quantitative estimate of drug-likeness (QED) is 0.772. The van der Waals surface area contributed by atoms with Crippen molar-refractivity contribution in [2.45, 2.75) is 52.6 Å². The second kappa shape index (κ2) is 6.99. The van der Waals surface area contributed by atoms with Gasteiger partial charge in [-0.15, -0.1) is 0 Å². The number of hydrogen-bond acceptors (Lipinski definition) is 3. The van der Waals surface area contributed by atoms with Gasteiger partial charge in [-0.05, 0) is 31.2 Å². The third kappa shape index (κ3) is 3.62. The van der Waals surface area contributed by atoms with Crippen molar-refractivity contribution >= 4 is 11.8 Å². The van der Waals surface area contributed by atoms with Gasteiger partial charge in [0.2, 0.25) is 11.8 Å². The molecule has 2 rings (SSSR count). The monoisotopic (exact) mass is 309 g/mol. The number of carbonyl (C=O) groups excluding carboxylic acids is 2. The molecule has 2 aliphatic rings. The summed E-state index contributed by atoms with van der Waals surface area (Å²) in [5.74, 6) is 1.33. The summed E-state index contributed by atoms with van der Waals surface area (Å²) in [5.41, 5.74) is 0. The van der Waals surface area contributed by atoms with Gasteiger partial charge in [-0.3, -0.25) is 14.5 Å². The van der Waals surface area contributed by atoms with E-state index in [1.165, 1.54) is 0 Å². The van der Waals surface area contributed by atoms with Crippen molar-refractivity contribution < 1.29 is 9.59 Å². The van der Waals surface area contributed by atoms with Crippen molar-refractivity contribution in [3.63, 3.8) is 0 Å². The highest BCUT2D eigenvalue weighted by Crippen LogP contribution is 2.24. The smallest absolute Gasteiger partial charge is 0.247 e. The van der Waals surface area contributed by atoms with Crippen molar-refractivity contribution in [3.05, 3.63) is 0 Å². The molecule has 22 heavy (non-hydrogen) atoms. The van der Waals surface area contributed by atoms with Gasteiger partial charge in [0.25, 0.3) is 0 Å². The van der Waals surface area contributed by atoms with Crippen LogP contribution >= 0.6 is 0 Å². The fourth-order valence-electron chi connectivity index (χ4n) is 3.41. The maximum atomic E-state index is 12.7. The Morgan fingerprint density at radius 1 is 1.05 bits per heavy atom. The van der Waals surface area contributed by atoms with Gasteiger partial charge < -0.3 is 9.80 Å². The molecular formula is C17H31N3O2. The molecule has 0 N–H and O–H groups in total. The van der Waals surface area contributed by atoms with Gasteiger partial charge in [0.15, 0.2) is 0 Å². The summed E-state index contributed by atoms with van der Waals surface area (Å²) in [7, 11) is 1.79. The number of fused-ring (bicyclic) bond motifs is 1. The first-order valence-corrected chi connectivity index (χ1v) is 8.60. The Labute approximate surface area is 134 Å². The third-order valence-electron chi connectivity index (χ3n) is 4.85. The van der Waals surface area contributed by atoms with Gasteiger partial charge in [-0.25, -0.2) is 0 Å². The Kier molecular flexibility index (Phi) is 5.48. The molecule has 0 aliphatic carbocycles. The lowest BCUT2D eigenvalue weighted by molar-refractivity contribution is -0.164. The number of amides is 2. The van der Waals surface area contributed by atoms with Gasteiger partial charge in [0, 0.05) is 26.7 Å². The molecule has 2 amide bonds. The third-order valence-corrected chi connectivity index (χ3v) is 4.85. The van der Waals surface area contributed by atoms with E-state index in [9.17, 15) is 9.59 Å². The van der Waals surface area contributed by atoms with E-state index in [-0.39, 0.29) is 23.9 Å². The minimum absolute atomic E-state index is 0.111. The Bertz CT molecular complexity index is 422. The van der Waals surface area contributed by atoms with Crippen LogP contribution in [-0.4, -0.2) is 71.8 Å². The number of piperazine rings is 2. The molecule has 0 aromatic carbocycles. The Hall–Kier alpha value is -1.10. The lowest BCUT2D eigenvalue weighted by Gasteiger charge is -2.48. The average Bonchev–Trinajstić information content (AvgIpc) is 2.46. The van der Waals surface area contributed by atoms with Crippen LogP contribution in [-0.2, 0) is 9.59 Å². The van der Waals surface area contributed by atoms with E-state index in [4.69, 9.17) is 0 Å². The topological polar surface area (TPSA) is 43.9 Å². The van der Waals surface area contributed by atoms with Crippen molar-refractivity contribution in [1.29, 1.82) is 0 Å². The first-order valence-electron chi connectivity index (χ1n) is 8.60. The molecule has 0 unspecified atom stereocenters. The summed E-state index contributed by atoms with van der Waals surface area (Å²) >= 11 is 0. The van der Waals surface area contributed by atoms with E-state index in [1.807, 2.05) is 4.90 Å². The van der Waals surface area contributed by atoms with Gasteiger partial charge in [-0.2, -0.15) is 0 Å².